The highest BCUT2D eigenvalue weighted by molar-refractivity contribution is 6.14. The molecule has 0 radical (unpaired) electrons. The molecule has 7 nitrogen and oxygen atoms in total. The van der Waals surface area contributed by atoms with Crippen molar-refractivity contribution in [1.82, 2.24) is 9.97 Å². The van der Waals surface area contributed by atoms with Crippen LogP contribution in [0.15, 0.2) is 36.3 Å². The van der Waals surface area contributed by atoms with E-state index >= 15 is 0 Å². The van der Waals surface area contributed by atoms with Gasteiger partial charge in [-0.1, -0.05) is 13.0 Å². The summed E-state index contributed by atoms with van der Waals surface area (Å²) in [7, 11) is 0. The van der Waals surface area contributed by atoms with E-state index in [1.165, 1.54) is 12.5 Å². The van der Waals surface area contributed by atoms with Crippen molar-refractivity contribution >= 4 is 28.7 Å². The lowest BCUT2D eigenvalue weighted by atomic mass is 10.1. The van der Waals surface area contributed by atoms with Gasteiger partial charge < -0.3 is 14.8 Å². The fourth-order valence-corrected chi connectivity index (χ4v) is 2.20. The number of nitrogens with one attached hydrogen (secondary N) is 1. The predicted octanol–water partition coefficient (Wildman–Crippen LogP) is 2.61. The fourth-order valence-electron chi connectivity index (χ4n) is 2.20. The topological polar surface area (TPSA) is 90.4 Å². The Labute approximate surface area is 146 Å². The first-order valence-corrected chi connectivity index (χ1v) is 8.15. The van der Waals surface area contributed by atoms with Gasteiger partial charge in [0.15, 0.2) is 5.57 Å². The number of rotatable bonds is 7. The molecular weight excluding hydrogens is 322 g/mol. The average Bonchev–Trinajstić information content (AvgIpc) is 2.62. The van der Waals surface area contributed by atoms with E-state index in [-0.39, 0.29) is 18.8 Å². The first kappa shape index (κ1) is 18.4. The van der Waals surface area contributed by atoms with Crippen LogP contribution in [0.1, 0.15) is 26.3 Å². The van der Waals surface area contributed by atoms with Gasteiger partial charge in [-0.2, -0.15) is 0 Å². The maximum absolute atomic E-state index is 12.0. The van der Waals surface area contributed by atoms with Gasteiger partial charge in [-0.05, 0) is 38.0 Å². The molecule has 0 spiro atoms. The first-order valence-electron chi connectivity index (χ1n) is 8.15. The number of anilines is 1. The van der Waals surface area contributed by atoms with Gasteiger partial charge in [0.1, 0.15) is 12.1 Å². The zero-order valence-corrected chi connectivity index (χ0v) is 14.5. The van der Waals surface area contributed by atoms with Crippen LogP contribution in [0.5, 0.6) is 0 Å². The van der Waals surface area contributed by atoms with Gasteiger partial charge in [-0.25, -0.2) is 19.6 Å². The number of carbonyl (C=O) groups excluding carboxylic acids is 2. The summed E-state index contributed by atoms with van der Waals surface area (Å²) in [6.45, 7) is 5.70. The van der Waals surface area contributed by atoms with Gasteiger partial charge in [-0.3, -0.25) is 0 Å². The summed E-state index contributed by atoms with van der Waals surface area (Å²) in [5, 5.41) is 3.70. The molecular formula is C18H21N3O4. The zero-order chi connectivity index (χ0) is 18.2. The summed E-state index contributed by atoms with van der Waals surface area (Å²) in [4.78, 5) is 32.4. The summed E-state index contributed by atoms with van der Waals surface area (Å²) in [6, 6.07) is 5.87. The number of aryl methyl sites for hydroxylation is 1. The molecule has 1 aromatic carbocycles. The summed E-state index contributed by atoms with van der Waals surface area (Å²) in [6.07, 6.45) is 3.55. The van der Waals surface area contributed by atoms with Crippen LogP contribution in [0.4, 0.5) is 5.82 Å². The van der Waals surface area contributed by atoms with Crippen LogP contribution in [-0.2, 0) is 25.5 Å². The van der Waals surface area contributed by atoms with Crippen molar-refractivity contribution in [2.24, 2.45) is 0 Å². The van der Waals surface area contributed by atoms with Crippen LogP contribution in [0.2, 0.25) is 0 Å². The Kier molecular flexibility index (Phi) is 6.45. The van der Waals surface area contributed by atoms with Crippen molar-refractivity contribution in [3.63, 3.8) is 0 Å². The van der Waals surface area contributed by atoms with Crippen LogP contribution in [0.3, 0.4) is 0 Å². The highest BCUT2D eigenvalue weighted by atomic mass is 16.6. The van der Waals surface area contributed by atoms with Gasteiger partial charge >= 0.3 is 11.9 Å². The van der Waals surface area contributed by atoms with E-state index in [1.807, 2.05) is 18.2 Å². The van der Waals surface area contributed by atoms with Crippen molar-refractivity contribution < 1.29 is 19.1 Å². The third kappa shape index (κ3) is 4.53. The van der Waals surface area contributed by atoms with Crippen LogP contribution in [-0.4, -0.2) is 35.1 Å². The van der Waals surface area contributed by atoms with Gasteiger partial charge in [0.25, 0.3) is 0 Å². The molecule has 0 saturated carbocycles. The Bertz CT molecular complexity index is 782. The molecule has 0 unspecified atom stereocenters. The third-order valence-corrected chi connectivity index (χ3v) is 3.45. The van der Waals surface area contributed by atoms with Crippen molar-refractivity contribution in [3.05, 3.63) is 41.9 Å². The Morgan fingerprint density at radius 2 is 1.76 bits per heavy atom. The van der Waals surface area contributed by atoms with E-state index in [2.05, 4.69) is 22.2 Å². The van der Waals surface area contributed by atoms with E-state index in [9.17, 15) is 9.59 Å². The Hall–Kier alpha value is -2.96. The minimum Gasteiger partial charge on any atom is -0.462 e. The summed E-state index contributed by atoms with van der Waals surface area (Å²) >= 11 is 0. The SMILES string of the molecule is CCOC(=O)C(=CNc1ncnc2ccc(CC)cc12)C(=O)OCC. The second-order valence-corrected chi connectivity index (χ2v) is 5.07. The molecule has 0 aliphatic rings. The molecule has 1 N–H and O–H groups in total. The number of carbonyl (C=O) groups is 2. The van der Waals surface area contributed by atoms with Crippen molar-refractivity contribution in [2.75, 3.05) is 18.5 Å². The lowest BCUT2D eigenvalue weighted by Gasteiger charge is -2.09. The highest BCUT2D eigenvalue weighted by Gasteiger charge is 2.21. The molecule has 132 valence electrons. The molecule has 0 atom stereocenters. The second-order valence-electron chi connectivity index (χ2n) is 5.07. The lowest BCUT2D eigenvalue weighted by molar-refractivity contribution is -0.146. The van der Waals surface area contributed by atoms with E-state index in [0.29, 0.717) is 5.82 Å². The molecule has 0 aliphatic carbocycles. The maximum atomic E-state index is 12.0. The van der Waals surface area contributed by atoms with Crippen LogP contribution in [0, 0.1) is 0 Å². The van der Waals surface area contributed by atoms with Crippen molar-refractivity contribution in [3.8, 4) is 0 Å². The number of hydrogen-bond acceptors (Lipinski definition) is 7. The molecule has 1 aromatic heterocycles. The number of esters is 2. The number of ether oxygens (including phenoxy) is 2. The number of aromatic nitrogens is 2. The molecule has 1 heterocycles. The maximum Gasteiger partial charge on any atom is 0.347 e. The summed E-state index contributed by atoms with van der Waals surface area (Å²) in [5.41, 5.74) is 1.67. The summed E-state index contributed by atoms with van der Waals surface area (Å²) < 4.78 is 9.81. The zero-order valence-electron chi connectivity index (χ0n) is 14.5. The smallest absolute Gasteiger partial charge is 0.347 e. The quantitative estimate of drug-likeness (QED) is 0.358. The molecule has 0 saturated heterocycles. The number of hydrogen-bond donors (Lipinski definition) is 1. The number of nitrogens with zero attached hydrogens (tertiary/aromatic N) is 2. The van der Waals surface area contributed by atoms with E-state index < -0.39 is 11.9 Å². The molecule has 0 aliphatic heterocycles. The highest BCUT2D eigenvalue weighted by Crippen LogP contribution is 2.21. The van der Waals surface area contributed by atoms with E-state index in [0.717, 1.165) is 22.9 Å². The Balaban J connectivity index is 2.37. The molecule has 2 aromatic rings. The minimum absolute atomic E-state index is 0.159. The van der Waals surface area contributed by atoms with Gasteiger partial charge in [-0.15, -0.1) is 0 Å². The second kappa shape index (κ2) is 8.77. The van der Waals surface area contributed by atoms with E-state index in [1.54, 1.807) is 13.8 Å². The number of benzene rings is 1. The Morgan fingerprint density at radius 3 is 2.36 bits per heavy atom. The molecule has 7 heteroatoms. The van der Waals surface area contributed by atoms with Crippen LogP contribution in [0.25, 0.3) is 10.9 Å². The van der Waals surface area contributed by atoms with Crippen LogP contribution < -0.4 is 5.32 Å². The fraction of sp³-hybridized carbons (Fsp3) is 0.333. The first-order chi connectivity index (χ1) is 12.1. The number of fused-ring (bicyclic) bond motifs is 1. The molecule has 0 fully saturated rings. The summed E-state index contributed by atoms with van der Waals surface area (Å²) in [5.74, 6) is -1.01. The average molecular weight is 343 g/mol. The normalized spacial score (nSPS) is 10.2. The molecule has 2 rings (SSSR count). The minimum atomic E-state index is -0.749. The van der Waals surface area contributed by atoms with Crippen molar-refractivity contribution in [1.29, 1.82) is 0 Å². The third-order valence-electron chi connectivity index (χ3n) is 3.45. The Morgan fingerprint density at radius 1 is 1.08 bits per heavy atom. The monoisotopic (exact) mass is 343 g/mol. The van der Waals surface area contributed by atoms with Gasteiger partial charge in [0, 0.05) is 11.6 Å². The van der Waals surface area contributed by atoms with Gasteiger partial charge in [0.2, 0.25) is 0 Å². The largest absolute Gasteiger partial charge is 0.462 e. The van der Waals surface area contributed by atoms with Crippen LogP contribution >= 0.6 is 0 Å². The molecule has 0 amide bonds. The molecule has 0 bridgehead atoms. The standard InChI is InChI=1S/C18H21N3O4/c1-4-12-7-8-15-13(9-12)16(21-11-20-15)19-10-14(17(22)24-5-2)18(23)25-6-3/h7-11H,4-6H2,1-3H3,(H,19,20,21). The molecule has 25 heavy (non-hydrogen) atoms. The van der Waals surface area contributed by atoms with Gasteiger partial charge in [0.05, 0.1) is 18.7 Å². The predicted molar refractivity (Wildman–Crippen MR) is 93.9 cm³/mol. The van der Waals surface area contributed by atoms with Crippen molar-refractivity contribution in [2.45, 2.75) is 27.2 Å². The lowest BCUT2D eigenvalue weighted by Crippen LogP contribution is -2.19. The van der Waals surface area contributed by atoms with E-state index in [4.69, 9.17) is 9.47 Å².